The normalized spacial score (nSPS) is 15.5. The lowest BCUT2D eigenvalue weighted by Crippen LogP contribution is -2.25. The third kappa shape index (κ3) is 4.46. The van der Waals surface area contributed by atoms with Crippen LogP contribution in [0.15, 0.2) is 48.5 Å². The van der Waals surface area contributed by atoms with Crippen LogP contribution in [0.1, 0.15) is 47.5 Å². The maximum absolute atomic E-state index is 12.9. The molecule has 4 rings (SSSR count). The molecule has 3 aromatic rings. The molecule has 1 atom stereocenters. The first-order valence-electron chi connectivity index (χ1n) is 10.4. The Kier molecular flexibility index (Phi) is 5.86. The van der Waals surface area contributed by atoms with Crippen molar-refractivity contribution in [2.75, 3.05) is 26.2 Å². The number of fused-ring (bicyclic) bond motifs is 1. The van der Waals surface area contributed by atoms with Gasteiger partial charge in [-0.3, -0.25) is 4.90 Å². The zero-order valence-electron chi connectivity index (χ0n) is 17.1. The molecule has 0 spiro atoms. The quantitative estimate of drug-likeness (QED) is 0.583. The van der Waals surface area contributed by atoms with E-state index in [9.17, 15) is 4.79 Å². The number of carbonyl (C=O) groups excluding carboxylic acids is 1. The molecule has 0 saturated carbocycles. The minimum Gasteiger partial charge on any atom is -0.492 e. The monoisotopic (exact) mass is 392 g/mol. The number of aromatic amines is 1. The van der Waals surface area contributed by atoms with Crippen LogP contribution in [0.4, 0.5) is 0 Å². The molecule has 5 heteroatoms. The second kappa shape index (κ2) is 8.70. The first-order valence-corrected chi connectivity index (χ1v) is 10.4. The van der Waals surface area contributed by atoms with Crippen LogP contribution in [0, 0.1) is 6.92 Å². The number of hydrogen-bond donors (Lipinski definition) is 1. The SMILES string of the molecule is Cc1[nH]c2ccc(OCCN3CCCC3)cc2c1C(=O)OC(C)c1ccccc1. The van der Waals surface area contributed by atoms with E-state index in [0.29, 0.717) is 12.2 Å². The fraction of sp³-hybridized carbons (Fsp3) is 0.375. The molecule has 2 heterocycles. The molecule has 1 fully saturated rings. The van der Waals surface area contributed by atoms with Crippen molar-refractivity contribution in [3.63, 3.8) is 0 Å². The maximum atomic E-state index is 12.9. The Morgan fingerprint density at radius 1 is 1.14 bits per heavy atom. The van der Waals surface area contributed by atoms with Crippen LogP contribution in [-0.4, -0.2) is 42.1 Å². The second-order valence-corrected chi connectivity index (χ2v) is 7.69. The number of aromatic nitrogens is 1. The fourth-order valence-corrected chi connectivity index (χ4v) is 3.97. The molecule has 1 N–H and O–H groups in total. The summed E-state index contributed by atoms with van der Waals surface area (Å²) >= 11 is 0. The summed E-state index contributed by atoms with van der Waals surface area (Å²) in [5, 5.41) is 0.839. The minimum atomic E-state index is -0.320. The standard InChI is InChI=1S/C24H28N2O3/c1-17-23(24(27)29-18(2)19-8-4-3-5-9-19)21-16-20(10-11-22(21)25-17)28-15-14-26-12-6-7-13-26/h3-5,8-11,16,18,25H,6-7,12-15H2,1-2H3. The number of esters is 1. The van der Waals surface area contributed by atoms with E-state index in [0.717, 1.165) is 47.5 Å². The Hall–Kier alpha value is -2.79. The van der Waals surface area contributed by atoms with Gasteiger partial charge in [0.15, 0.2) is 0 Å². The highest BCUT2D eigenvalue weighted by Gasteiger charge is 2.21. The summed E-state index contributed by atoms with van der Waals surface area (Å²) in [6, 6.07) is 15.6. The zero-order valence-corrected chi connectivity index (χ0v) is 17.1. The molecule has 1 unspecified atom stereocenters. The van der Waals surface area contributed by atoms with E-state index in [4.69, 9.17) is 9.47 Å². The molecule has 0 radical (unpaired) electrons. The fourth-order valence-electron chi connectivity index (χ4n) is 3.97. The van der Waals surface area contributed by atoms with Crippen LogP contribution in [0.3, 0.4) is 0 Å². The van der Waals surface area contributed by atoms with Gasteiger partial charge in [0.25, 0.3) is 0 Å². The van der Waals surface area contributed by atoms with Gasteiger partial charge in [0.2, 0.25) is 0 Å². The molecule has 5 nitrogen and oxygen atoms in total. The van der Waals surface area contributed by atoms with Crippen molar-refractivity contribution in [3.05, 3.63) is 65.4 Å². The number of rotatable bonds is 7. The summed E-state index contributed by atoms with van der Waals surface area (Å²) in [5.74, 6) is 0.458. The average molecular weight is 392 g/mol. The number of nitrogens with zero attached hydrogens (tertiary/aromatic N) is 1. The minimum absolute atomic E-state index is 0.312. The third-order valence-corrected chi connectivity index (χ3v) is 5.59. The van der Waals surface area contributed by atoms with E-state index in [2.05, 4.69) is 9.88 Å². The van der Waals surface area contributed by atoms with Gasteiger partial charge < -0.3 is 14.5 Å². The summed E-state index contributed by atoms with van der Waals surface area (Å²) in [6.07, 6.45) is 2.25. The van der Waals surface area contributed by atoms with Gasteiger partial charge in [-0.2, -0.15) is 0 Å². The van der Waals surface area contributed by atoms with Gasteiger partial charge in [-0.15, -0.1) is 0 Å². The van der Waals surface area contributed by atoms with Crippen molar-refractivity contribution in [1.82, 2.24) is 9.88 Å². The van der Waals surface area contributed by atoms with Crippen molar-refractivity contribution in [2.45, 2.75) is 32.8 Å². The number of H-pyrrole nitrogens is 1. The van der Waals surface area contributed by atoms with Gasteiger partial charge >= 0.3 is 5.97 Å². The topological polar surface area (TPSA) is 54.6 Å². The number of likely N-dealkylation sites (tertiary alicyclic amines) is 1. The number of carbonyl (C=O) groups is 1. The molecule has 29 heavy (non-hydrogen) atoms. The Balaban J connectivity index is 1.49. The average Bonchev–Trinajstić information content (AvgIpc) is 3.35. The molecular weight excluding hydrogens is 364 g/mol. The molecular formula is C24H28N2O3. The lowest BCUT2D eigenvalue weighted by molar-refractivity contribution is 0.0339. The van der Waals surface area contributed by atoms with Crippen LogP contribution in [0.5, 0.6) is 5.75 Å². The number of benzene rings is 2. The molecule has 0 bridgehead atoms. The van der Waals surface area contributed by atoms with Crippen LogP contribution in [0.25, 0.3) is 10.9 Å². The number of hydrogen-bond acceptors (Lipinski definition) is 4. The number of ether oxygens (including phenoxy) is 2. The molecule has 0 amide bonds. The van der Waals surface area contributed by atoms with Gasteiger partial charge in [-0.25, -0.2) is 4.79 Å². The summed E-state index contributed by atoms with van der Waals surface area (Å²) in [7, 11) is 0. The van der Waals surface area contributed by atoms with Crippen molar-refractivity contribution < 1.29 is 14.3 Å². The van der Waals surface area contributed by atoms with Gasteiger partial charge in [0.1, 0.15) is 18.5 Å². The molecule has 2 aromatic carbocycles. The van der Waals surface area contributed by atoms with Crippen molar-refractivity contribution in [3.8, 4) is 5.75 Å². The van der Waals surface area contributed by atoms with E-state index in [-0.39, 0.29) is 12.1 Å². The zero-order chi connectivity index (χ0) is 20.2. The van der Waals surface area contributed by atoms with Gasteiger partial charge in [-0.05, 0) is 63.5 Å². The van der Waals surface area contributed by atoms with Crippen molar-refractivity contribution in [1.29, 1.82) is 0 Å². The van der Waals surface area contributed by atoms with Crippen LogP contribution in [0.2, 0.25) is 0 Å². The van der Waals surface area contributed by atoms with E-state index < -0.39 is 0 Å². The highest BCUT2D eigenvalue weighted by molar-refractivity contribution is 6.06. The highest BCUT2D eigenvalue weighted by Crippen LogP contribution is 2.29. The van der Waals surface area contributed by atoms with Gasteiger partial charge in [0.05, 0.1) is 5.56 Å². The Bertz CT molecular complexity index is 974. The lowest BCUT2D eigenvalue weighted by Gasteiger charge is -2.15. The highest BCUT2D eigenvalue weighted by atomic mass is 16.5. The van der Waals surface area contributed by atoms with Crippen LogP contribution >= 0.6 is 0 Å². The Labute approximate surface area is 171 Å². The Morgan fingerprint density at radius 3 is 2.66 bits per heavy atom. The molecule has 1 aliphatic heterocycles. The van der Waals surface area contributed by atoms with Crippen molar-refractivity contribution in [2.24, 2.45) is 0 Å². The van der Waals surface area contributed by atoms with Crippen LogP contribution in [-0.2, 0) is 4.74 Å². The number of aryl methyl sites for hydroxylation is 1. The predicted octanol–water partition coefficient (Wildman–Crippen LogP) is 4.87. The predicted molar refractivity (Wildman–Crippen MR) is 114 cm³/mol. The molecule has 152 valence electrons. The maximum Gasteiger partial charge on any atom is 0.341 e. The van der Waals surface area contributed by atoms with Gasteiger partial charge in [0, 0.05) is 23.1 Å². The lowest BCUT2D eigenvalue weighted by atomic mass is 10.1. The number of nitrogens with one attached hydrogen (secondary N) is 1. The molecule has 0 aliphatic carbocycles. The van der Waals surface area contributed by atoms with E-state index in [1.807, 2.05) is 62.4 Å². The van der Waals surface area contributed by atoms with E-state index in [1.165, 1.54) is 12.8 Å². The van der Waals surface area contributed by atoms with Crippen LogP contribution < -0.4 is 4.74 Å². The summed E-state index contributed by atoms with van der Waals surface area (Å²) in [5.41, 5.74) is 3.27. The van der Waals surface area contributed by atoms with E-state index in [1.54, 1.807) is 0 Å². The summed E-state index contributed by atoms with van der Waals surface area (Å²) in [4.78, 5) is 18.6. The van der Waals surface area contributed by atoms with Crippen molar-refractivity contribution >= 4 is 16.9 Å². The molecule has 1 aliphatic rings. The largest absolute Gasteiger partial charge is 0.492 e. The van der Waals surface area contributed by atoms with Gasteiger partial charge in [-0.1, -0.05) is 30.3 Å². The summed E-state index contributed by atoms with van der Waals surface area (Å²) in [6.45, 7) is 7.71. The third-order valence-electron chi connectivity index (χ3n) is 5.59. The first kappa shape index (κ1) is 19.5. The Morgan fingerprint density at radius 2 is 1.90 bits per heavy atom. The van der Waals surface area contributed by atoms with E-state index >= 15 is 0 Å². The molecule has 1 saturated heterocycles. The first-order chi connectivity index (χ1) is 14.1. The molecule has 1 aromatic heterocycles. The summed E-state index contributed by atoms with van der Waals surface area (Å²) < 4.78 is 11.7. The second-order valence-electron chi connectivity index (χ2n) is 7.69. The smallest absolute Gasteiger partial charge is 0.341 e.